The molecule has 0 radical (unpaired) electrons. The Balaban J connectivity index is 1.79. The highest BCUT2D eigenvalue weighted by molar-refractivity contribution is 5.93. The van der Waals surface area contributed by atoms with Crippen LogP contribution in [0.1, 0.15) is 42.6 Å². The minimum absolute atomic E-state index is 0.199. The Morgan fingerprint density at radius 3 is 2.61 bits per heavy atom. The lowest BCUT2D eigenvalue weighted by Gasteiger charge is -2.22. The van der Waals surface area contributed by atoms with Crippen LogP contribution in [0.3, 0.4) is 0 Å². The summed E-state index contributed by atoms with van der Waals surface area (Å²) in [6, 6.07) is 5.45. The number of hydrogen-bond acceptors (Lipinski definition) is 2. The molecule has 1 N–H and O–H groups in total. The van der Waals surface area contributed by atoms with Gasteiger partial charge in [-0.05, 0) is 37.1 Å². The molecule has 122 valence electrons. The molecule has 0 unspecified atom stereocenters. The van der Waals surface area contributed by atoms with Gasteiger partial charge in [-0.25, -0.2) is 8.78 Å². The van der Waals surface area contributed by atoms with Crippen molar-refractivity contribution in [1.29, 1.82) is 0 Å². The minimum Gasteiger partial charge on any atom is -0.348 e. The van der Waals surface area contributed by atoms with E-state index < -0.39 is 11.6 Å². The molecule has 1 aliphatic carbocycles. The molecule has 1 heterocycles. The molecular weight excluding hydrogens is 300 g/mol. The second-order valence-corrected chi connectivity index (χ2v) is 5.98. The maximum Gasteiger partial charge on any atom is 0.272 e. The van der Waals surface area contributed by atoms with Crippen LogP contribution in [0.15, 0.2) is 24.3 Å². The highest BCUT2D eigenvalue weighted by atomic mass is 19.2. The summed E-state index contributed by atoms with van der Waals surface area (Å²) in [4.78, 5) is 12.3. The topological polar surface area (TPSA) is 46.9 Å². The van der Waals surface area contributed by atoms with Gasteiger partial charge in [0.25, 0.3) is 5.91 Å². The van der Waals surface area contributed by atoms with Crippen LogP contribution in [0.2, 0.25) is 0 Å². The second-order valence-electron chi connectivity index (χ2n) is 5.98. The molecule has 0 spiro atoms. The molecule has 1 amide bonds. The molecule has 0 aliphatic heterocycles. The van der Waals surface area contributed by atoms with E-state index in [1.807, 2.05) is 0 Å². The van der Waals surface area contributed by atoms with Gasteiger partial charge in [-0.15, -0.1) is 0 Å². The summed E-state index contributed by atoms with van der Waals surface area (Å²) in [5, 5.41) is 7.19. The summed E-state index contributed by atoms with van der Waals surface area (Å²) in [6.07, 6.45) is 5.47. The third-order valence-corrected chi connectivity index (χ3v) is 4.27. The lowest BCUT2D eigenvalue weighted by Crippen LogP contribution is -2.36. The zero-order chi connectivity index (χ0) is 16.4. The number of nitrogens with one attached hydrogen (secondary N) is 1. The SMILES string of the molecule is Cn1nc(C(=O)NC2CCCCC2)cc1-c1ccc(F)c(F)c1. The largest absolute Gasteiger partial charge is 0.348 e. The molecule has 6 heteroatoms. The van der Waals surface area contributed by atoms with Gasteiger partial charge >= 0.3 is 0 Å². The highest BCUT2D eigenvalue weighted by Gasteiger charge is 2.20. The Bertz CT molecular complexity index is 721. The smallest absolute Gasteiger partial charge is 0.272 e. The second kappa shape index (κ2) is 6.48. The number of aryl methyl sites for hydroxylation is 1. The molecule has 23 heavy (non-hydrogen) atoms. The number of nitrogens with zero attached hydrogens (tertiary/aromatic N) is 2. The lowest BCUT2D eigenvalue weighted by atomic mass is 9.95. The third kappa shape index (κ3) is 3.41. The summed E-state index contributed by atoms with van der Waals surface area (Å²) in [5.41, 5.74) is 1.34. The van der Waals surface area contributed by atoms with Gasteiger partial charge in [0, 0.05) is 18.7 Å². The van der Waals surface area contributed by atoms with Gasteiger partial charge in [0.1, 0.15) is 0 Å². The van der Waals surface area contributed by atoms with Gasteiger partial charge in [-0.2, -0.15) is 5.10 Å². The van der Waals surface area contributed by atoms with Gasteiger partial charge in [0.05, 0.1) is 5.69 Å². The average Bonchev–Trinajstić information content (AvgIpc) is 2.93. The number of benzene rings is 1. The van der Waals surface area contributed by atoms with Crippen LogP contribution < -0.4 is 5.32 Å². The molecular formula is C17H19F2N3O. The fourth-order valence-electron chi connectivity index (χ4n) is 3.01. The first-order valence-corrected chi connectivity index (χ1v) is 7.85. The summed E-state index contributed by atoms with van der Waals surface area (Å²) in [5.74, 6) is -2.04. The maximum absolute atomic E-state index is 13.4. The Morgan fingerprint density at radius 1 is 1.17 bits per heavy atom. The van der Waals surface area contributed by atoms with E-state index in [-0.39, 0.29) is 17.6 Å². The molecule has 0 saturated heterocycles. The zero-order valence-electron chi connectivity index (χ0n) is 13.0. The first-order valence-electron chi connectivity index (χ1n) is 7.85. The van der Waals surface area contributed by atoms with Crippen LogP contribution in [0.5, 0.6) is 0 Å². The Labute approximate surface area is 133 Å². The molecule has 1 fully saturated rings. The number of amides is 1. The van der Waals surface area contributed by atoms with Crippen molar-refractivity contribution in [3.05, 3.63) is 41.6 Å². The van der Waals surface area contributed by atoms with Crippen LogP contribution in [-0.2, 0) is 7.05 Å². The lowest BCUT2D eigenvalue weighted by molar-refractivity contribution is 0.0922. The van der Waals surface area contributed by atoms with Crippen molar-refractivity contribution in [2.24, 2.45) is 7.05 Å². The molecule has 1 aliphatic rings. The first-order chi connectivity index (χ1) is 11.0. The third-order valence-electron chi connectivity index (χ3n) is 4.27. The van der Waals surface area contributed by atoms with Gasteiger partial charge in [0.15, 0.2) is 17.3 Å². The van der Waals surface area contributed by atoms with Crippen molar-refractivity contribution >= 4 is 5.91 Å². The molecule has 0 bridgehead atoms. The van der Waals surface area contributed by atoms with Crippen molar-refractivity contribution in [3.63, 3.8) is 0 Å². The van der Waals surface area contributed by atoms with Gasteiger partial charge in [-0.3, -0.25) is 9.48 Å². The van der Waals surface area contributed by atoms with Gasteiger partial charge in [0.2, 0.25) is 0 Å². The summed E-state index contributed by atoms with van der Waals surface area (Å²) >= 11 is 0. The monoisotopic (exact) mass is 319 g/mol. The van der Waals surface area contributed by atoms with Crippen LogP contribution in [0.25, 0.3) is 11.3 Å². The quantitative estimate of drug-likeness (QED) is 0.942. The fraction of sp³-hybridized carbons (Fsp3) is 0.412. The Kier molecular flexibility index (Phi) is 4.41. The van der Waals surface area contributed by atoms with E-state index in [0.29, 0.717) is 11.3 Å². The number of carbonyl (C=O) groups excluding carboxylic acids is 1. The van der Waals surface area contributed by atoms with E-state index in [0.717, 1.165) is 37.8 Å². The number of halogens is 2. The Hall–Kier alpha value is -2.24. The highest BCUT2D eigenvalue weighted by Crippen LogP contribution is 2.23. The van der Waals surface area contributed by atoms with E-state index >= 15 is 0 Å². The first kappa shape index (κ1) is 15.6. The van der Waals surface area contributed by atoms with Gasteiger partial charge in [-0.1, -0.05) is 19.3 Å². The molecule has 3 rings (SSSR count). The number of hydrogen-bond donors (Lipinski definition) is 1. The minimum atomic E-state index is -0.920. The van der Waals surface area contributed by atoms with E-state index in [2.05, 4.69) is 10.4 Å². The van der Waals surface area contributed by atoms with Crippen LogP contribution in [0, 0.1) is 11.6 Å². The molecule has 0 atom stereocenters. The van der Waals surface area contributed by atoms with Crippen molar-refractivity contribution in [1.82, 2.24) is 15.1 Å². The van der Waals surface area contributed by atoms with Crippen LogP contribution in [-0.4, -0.2) is 21.7 Å². The van der Waals surface area contributed by atoms with Crippen molar-refractivity contribution in [2.45, 2.75) is 38.1 Å². The van der Waals surface area contributed by atoms with E-state index in [4.69, 9.17) is 0 Å². The van der Waals surface area contributed by atoms with Crippen molar-refractivity contribution in [2.75, 3.05) is 0 Å². The summed E-state index contributed by atoms with van der Waals surface area (Å²) < 4.78 is 27.9. The molecule has 1 saturated carbocycles. The maximum atomic E-state index is 13.4. The predicted molar refractivity (Wildman–Crippen MR) is 82.9 cm³/mol. The van der Waals surface area contributed by atoms with Crippen molar-refractivity contribution < 1.29 is 13.6 Å². The Morgan fingerprint density at radius 2 is 1.91 bits per heavy atom. The number of aromatic nitrogens is 2. The average molecular weight is 319 g/mol. The standard InChI is InChI=1S/C17H19F2N3O/c1-22-16(11-7-8-13(18)14(19)9-11)10-15(21-22)17(23)20-12-5-3-2-4-6-12/h7-10,12H,2-6H2,1H3,(H,20,23). The molecule has 1 aromatic carbocycles. The van der Waals surface area contributed by atoms with Crippen LogP contribution in [0.4, 0.5) is 8.78 Å². The zero-order valence-corrected chi connectivity index (χ0v) is 13.0. The predicted octanol–water partition coefficient (Wildman–Crippen LogP) is 3.43. The summed E-state index contributed by atoms with van der Waals surface area (Å²) in [6.45, 7) is 0. The van der Waals surface area contributed by atoms with E-state index in [1.54, 1.807) is 13.1 Å². The number of carbonyl (C=O) groups is 1. The van der Waals surface area contributed by atoms with E-state index in [1.165, 1.54) is 17.2 Å². The summed E-state index contributed by atoms with van der Waals surface area (Å²) in [7, 11) is 1.67. The normalized spacial score (nSPS) is 15.6. The molecule has 4 nitrogen and oxygen atoms in total. The van der Waals surface area contributed by atoms with Gasteiger partial charge < -0.3 is 5.32 Å². The number of rotatable bonds is 3. The fourth-order valence-corrected chi connectivity index (χ4v) is 3.01. The van der Waals surface area contributed by atoms with Crippen LogP contribution >= 0.6 is 0 Å². The van der Waals surface area contributed by atoms with Crippen molar-refractivity contribution in [3.8, 4) is 11.3 Å². The molecule has 1 aromatic heterocycles. The van der Waals surface area contributed by atoms with E-state index in [9.17, 15) is 13.6 Å². The molecule has 2 aromatic rings.